The van der Waals surface area contributed by atoms with E-state index in [-0.39, 0.29) is 12.1 Å². The van der Waals surface area contributed by atoms with Crippen LogP contribution in [0, 0.1) is 0 Å². The van der Waals surface area contributed by atoms with Gasteiger partial charge in [0.25, 0.3) is 5.95 Å². The van der Waals surface area contributed by atoms with Crippen LogP contribution in [-0.4, -0.2) is 62.6 Å². The zero-order valence-corrected chi connectivity index (χ0v) is 12.3. The van der Waals surface area contributed by atoms with Crippen molar-refractivity contribution in [2.24, 2.45) is 0 Å². The van der Waals surface area contributed by atoms with Crippen molar-refractivity contribution in [2.45, 2.75) is 25.5 Å². The SMILES string of the molecule is CNc1nc(N(C)C2CCOC2C)nc(-n2cncn2)n1. The van der Waals surface area contributed by atoms with Gasteiger partial charge >= 0.3 is 0 Å². The minimum atomic E-state index is 0.152. The standard InChI is InChI=1S/C12H18N8O/c1-8-9(4-5-21-8)19(3)11-16-10(13-2)17-12(18-11)20-7-14-6-15-20/h6-9H,4-5H2,1-3H3,(H,13,16,17,18). The molecule has 1 aliphatic heterocycles. The Balaban J connectivity index is 1.96. The summed E-state index contributed by atoms with van der Waals surface area (Å²) in [6, 6.07) is 0.251. The van der Waals surface area contributed by atoms with Gasteiger partial charge in [0.05, 0.1) is 12.1 Å². The van der Waals surface area contributed by atoms with Crippen molar-refractivity contribution in [2.75, 3.05) is 30.9 Å². The van der Waals surface area contributed by atoms with Crippen molar-refractivity contribution in [3.63, 3.8) is 0 Å². The molecular formula is C12H18N8O. The van der Waals surface area contributed by atoms with E-state index in [1.165, 1.54) is 11.0 Å². The number of nitrogens with one attached hydrogen (secondary N) is 1. The van der Waals surface area contributed by atoms with E-state index >= 15 is 0 Å². The lowest BCUT2D eigenvalue weighted by Crippen LogP contribution is -2.38. The Morgan fingerprint density at radius 3 is 2.86 bits per heavy atom. The number of anilines is 2. The zero-order valence-electron chi connectivity index (χ0n) is 12.3. The number of ether oxygens (including phenoxy) is 1. The van der Waals surface area contributed by atoms with Crippen LogP contribution < -0.4 is 10.2 Å². The summed E-state index contributed by atoms with van der Waals surface area (Å²) in [6.07, 6.45) is 4.11. The van der Waals surface area contributed by atoms with Gasteiger partial charge in [-0.2, -0.15) is 24.7 Å². The number of hydrogen-bond acceptors (Lipinski definition) is 8. The highest BCUT2D eigenvalue weighted by molar-refractivity contribution is 5.40. The molecule has 0 saturated carbocycles. The summed E-state index contributed by atoms with van der Waals surface area (Å²) in [5.41, 5.74) is 0. The van der Waals surface area contributed by atoms with Crippen LogP contribution >= 0.6 is 0 Å². The van der Waals surface area contributed by atoms with Gasteiger partial charge in [0.2, 0.25) is 11.9 Å². The Kier molecular flexibility index (Phi) is 3.65. The molecular weight excluding hydrogens is 272 g/mol. The lowest BCUT2D eigenvalue weighted by Gasteiger charge is -2.26. The molecule has 9 heteroatoms. The number of likely N-dealkylation sites (N-methyl/N-ethyl adjacent to an activating group) is 1. The molecule has 1 fully saturated rings. The van der Waals surface area contributed by atoms with Crippen LogP contribution in [0.3, 0.4) is 0 Å². The first-order valence-electron chi connectivity index (χ1n) is 6.82. The minimum Gasteiger partial charge on any atom is -0.376 e. The largest absolute Gasteiger partial charge is 0.376 e. The van der Waals surface area contributed by atoms with Crippen molar-refractivity contribution in [1.82, 2.24) is 29.7 Å². The van der Waals surface area contributed by atoms with E-state index in [2.05, 4.69) is 37.3 Å². The Labute approximate surface area is 122 Å². The number of aromatic nitrogens is 6. The van der Waals surface area contributed by atoms with Gasteiger partial charge in [-0.15, -0.1) is 0 Å². The normalized spacial score (nSPS) is 21.5. The molecule has 112 valence electrons. The maximum Gasteiger partial charge on any atom is 0.258 e. The van der Waals surface area contributed by atoms with E-state index in [4.69, 9.17) is 4.74 Å². The quantitative estimate of drug-likeness (QED) is 0.848. The predicted octanol–water partition coefficient (Wildman–Crippen LogP) is 0.108. The van der Waals surface area contributed by atoms with Gasteiger partial charge in [-0.25, -0.2) is 4.98 Å². The van der Waals surface area contributed by atoms with Crippen LogP contribution in [0.5, 0.6) is 0 Å². The zero-order chi connectivity index (χ0) is 14.8. The second-order valence-electron chi connectivity index (χ2n) is 4.89. The van der Waals surface area contributed by atoms with E-state index in [9.17, 15) is 0 Å². The van der Waals surface area contributed by atoms with Crippen molar-refractivity contribution in [1.29, 1.82) is 0 Å². The summed E-state index contributed by atoms with van der Waals surface area (Å²) >= 11 is 0. The maximum absolute atomic E-state index is 5.61. The Morgan fingerprint density at radius 1 is 1.38 bits per heavy atom. The van der Waals surface area contributed by atoms with E-state index < -0.39 is 0 Å². The van der Waals surface area contributed by atoms with E-state index in [1.807, 2.05) is 11.9 Å². The van der Waals surface area contributed by atoms with Gasteiger partial charge in [-0.1, -0.05) is 0 Å². The van der Waals surface area contributed by atoms with E-state index in [0.29, 0.717) is 17.8 Å². The van der Waals surface area contributed by atoms with Crippen molar-refractivity contribution in [3.8, 4) is 5.95 Å². The van der Waals surface area contributed by atoms with Crippen LogP contribution in [-0.2, 0) is 4.74 Å². The molecule has 1 saturated heterocycles. The predicted molar refractivity (Wildman–Crippen MR) is 76.5 cm³/mol. The summed E-state index contributed by atoms with van der Waals surface area (Å²) in [6.45, 7) is 2.82. The molecule has 2 unspecified atom stereocenters. The molecule has 2 aromatic rings. The van der Waals surface area contributed by atoms with Crippen LogP contribution in [0.2, 0.25) is 0 Å². The maximum atomic E-state index is 5.61. The molecule has 0 spiro atoms. The van der Waals surface area contributed by atoms with Gasteiger partial charge in [0.1, 0.15) is 12.7 Å². The van der Waals surface area contributed by atoms with Crippen molar-refractivity contribution < 1.29 is 4.74 Å². The molecule has 0 amide bonds. The van der Waals surface area contributed by atoms with Gasteiger partial charge < -0.3 is 15.0 Å². The fourth-order valence-electron chi connectivity index (χ4n) is 2.41. The average molecular weight is 290 g/mol. The van der Waals surface area contributed by atoms with Gasteiger partial charge in [0.15, 0.2) is 0 Å². The Bertz CT molecular complexity index is 601. The molecule has 2 atom stereocenters. The monoisotopic (exact) mass is 290 g/mol. The van der Waals surface area contributed by atoms with E-state index in [0.717, 1.165) is 13.0 Å². The highest BCUT2D eigenvalue weighted by Crippen LogP contribution is 2.22. The molecule has 0 radical (unpaired) electrons. The van der Waals surface area contributed by atoms with Crippen molar-refractivity contribution in [3.05, 3.63) is 12.7 Å². The summed E-state index contributed by atoms with van der Waals surface area (Å²) < 4.78 is 7.12. The van der Waals surface area contributed by atoms with Crippen LogP contribution in [0.15, 0.2) is 12.7 Å². The second-order valence-corrected chi connectivity index (χ2v) is 4.89. The van der Waals surface area contributed by atoms with Crippen LogP contribution in [0.4, 0.5) is 11.9 Å². The summed E-state index contributed by atoms with van der Waals surface area (Å²) in [4.78, 5) is 19.1. The first-order valence-corrected chi connectivity index (χ1v) is 6.82. The molecule has 1 aliphatic rings. The molecule has 2 aromatic heterocycles. The first-order chi connectivity index (χ1) is 10.2. The van der Waals surface area contributed by atoms with Gasteiger partial charge in [-0.05, 0) is 13.3 Å². The fourth-order valence-corrected chi connectivity index (χ4v) is 2.41. The fraction of sp³-hybridized carbons (Fsp3) is 0.583. The molecule has 1 N–H and O–H groups in total. The molecule has 9 nitrogen and oxygen atoms in total. The first kappa shape index (κ1) is 13.7. The molecule has 3 heterocycles. The van der Waals surface area contributed by atoms with Gasteiger partial charge in [-0.3, -0.25) is 0 Å². The lowest BCUT2D eigenvalue weighted by atomic mass is 10.1. The topological polar surface area (TPSA) is 93.9 Å². The molecule has 0 aromatic carbocycles. The van der Waals surface area contributed by atoms with E-state index in [1.54, 1.807) is 13.4 Å². The molecule has 3 rings (SSSR count). The average Bonchev–Trinajstić information content (AvgIpc) is 3.17. The third kappa shape index (κ3) is 2.64. The van der Waals surface area contributed by atoms with Crippen molar-refractivity contribution >= 4 is 11.9 Å². The minimum absolute atomic E-state index is 0.152. The number of rotatable bonds is 4. The Morgan fingerprint density at radius 2 is 2.24 bits per heavy atom. The van der Waals surface area contributed by atoms with Crippen LogP contribution in [0.1, 0.15) is 13.3 Å². The summed E-state index contributed by atoms with van der Waals surface area (Å²) in [5, 5.41) is 7.00. The second kappa shape index (κ2) is 5.60. The number of nitrogens with zero attached hydrogens (tertiary/aromatic N) is 7. The summed E-state index contributed by atoms with van der Waals surface area (Å²) in [5.74, 6) is 1.51. The highest BCUT2D eigenvalue weighted by atomic mass is 16.5. The Hall–Kier alpha value is -2.29. The lowest BCUT2D eigenvalue weighted by molar-refractivity contribution is 0.118. The molecule has 21 heavy (non-hydrogen) atoms. The molecule has 0 aliphatic carbocycles. The van der Waals surface area contributed by atoms with Crippen LogP contribution in [0.25, 0.3) is 5.95 Å². The smallest absolute Gasteiger partial charge is 0.258 e. The highest BCUT2D eigenvalue weighted by Gasteiger charge is 2.29. The summed E-state index contributed by atoms with van der Waals surface area (Å²) in [7, 11) is 3.74. The third-order valence-electron chi connectivity index (χ3n) is 3.61. The van der Waals surface area contributed by atoms with Gasteiger partial charge in [0, 0.05) is 20.7 Å². The third-order valence-corrected chi connectivity index (χ3v) is 3.61. The molecule has 0 bridgehead atoms. The number of hydrogen-bond donors (Lipinski definition) is 1.